The van der Waals surface area contributed by atoms with E-state index in [4.69, 9.17) is 4.74 Å². The molecule has 0 spiro atoms. The van der Waals surface area contributed by atoms with Gasteiger partial charge in [0.1, 0.15) is 11.6 Å². The van der Waals surface area contributed by atoms with Crippen LogP contribution in [0.5, 0.6) is 5.75 Å². The normalized spacial score (nSPS) is 10.7. The molecule has 4 aromatic carbocycles. The number of amides is 1. The van der Waals surface area contributed by atoms with Crippen LogP contribution in [0, 0.1) is 5.82 Å². The molecule has 0 fully saturated rings. The summed E-state index contributed by atoms with van der Waals surface area (Å²) in [5, 5.41) is 0. The second-order valence-electron chi connectivity index (χ2n) is 7.45. The van der Waals surface area contributed by atoms with Crippen molar-refractivity contribution in [3.05, 3.63) is 137 Å². The third-order valence-corrected chi connectivity index (χ3v) is 5.44. The van der Waals surface area contributed by atoms with E-state index in [1.807, 2.05) is 84.9 Å². The molecule has 4 heteroatoms. The molecule has 3 nitrogen and oxygen atoms in total. The monoisotopic (exact) mass is 425 g/mol. The molecule has 0 saturated carbocycles. The van der Waals surface area contributed by atoms with Crippen LogP contribution in [0.15, 0.2) is 109 Å². The molecule has 0 atom stereocenters. The fourth-order valence-electron chi connectivity index (χ4n) is 3.91. The van der Waals surface area contributed by atoms with Crippen LogP contribution in [0.25, 0.3) is 0 Å². The Hall–Kier alpha value is -3.92. The van der Waals surface area contributed by atoms with Crippen molar-refractivity contribution >= 4 is 5.91 Å². The number of rotatable bonds is 7. The Balaban J connectivity index is 1.88. The molecule has 1 amide bonds. The number of para-hydroxylation sites is 1. The number of hydrogen-bond acceptors (Lipinski definition) is 2. The molecule has 0 radical (unpaired) electrons. The van der Waals surface area contributed by atoms with Crippen molar-refractivity contribution < 1.29 is 13.9 Å². The zero-order chi connectivity index (χ0) is 22.3. The molecule has 0 heterocycles. The summed E-state index contributed by atoms with van der Waals surface area (Å²) in [6.07, 6.45) is 0. The summed E-state index contributed by atoms with van der Waals surface area (Å²) in [4.78, 5) is 15.5. The van der Waals surface area contributed by atoms with Crippen LogP contribution in [-0.2, 0) is 6.54 Å². The van der Waals surface area contributed by atoms with E-state index < -0.39 is 11.9 Å². The van der Waals surface area contributed by atoms with Gasteiger partial charge in [-0.1, -0.05) is 91.0 Å². The highest BCUT2D eigenvalue weighted by Crippen LogP contribution is 2.33. The lowest BCUT2D eigenvalue weighted by Gasteiger charge is -2.33. The summed E-state index contributed by atoms with van der Waals surface area (Å²) in [5.74, 6) is -0.243. The quantitative estimate of drug-likeness (QED) is 0.349. The van der Waals surface area contributed by atoms with Gasteiger partial charge in [-0.3, -0.25) is 4.79 Å². The maximum Gasteiger partial charge on any atom is 0.257 e. The van der Waals surface area contributed by atoms with Crippen molar-refractivity contribution in [3.8, 4) is 5.75 Å². The molecule has 160 valence electrons. The van der Waals surface area contributed by atoms with Crippen molar-refractivity contribution in [3.63, 3.8) is 0 Å². The molecule has 4 aromatic rings. The standard InChI is InChI=1S/C28H24FNO2/c1-32-26-19-11-8-16-23(26)20-30(28(31)24-17-9-10-18-25(24)29)27(21-12-4-2-5-13-21)22-14-6-3-7-15-22/h2-19,27H,20H2,1H3. The summed E-state index contributed by atoms with van der Waals surface area (Å²) in [5.41, 5.74) is 2.77. The summed E-state index contributed by atoms with van der Waals surface area (Å²) < 4.78 is 20.2. The van der Waals surface area contributed by atoms with Gasteiger partial charge in [0.05, 0.1) is 25.3 Å². The second-order valence-corrected chi connectivity index (χ2v) is 7.45. The van der Waals surface area contributed by atoms with Gasteiger partial charge in [-0.05, 0) is 29.3 Å². The second kappa shape index (κ2) is 9.92. The lowest BCUT2D eigenvalue weighted by molar-refractivity contribution is 0.0684. The molecular weight excluding hydrogens is 401 g/mol. The lowest BCUT2D eigenvalue weighted by atomic mass is 9.95. The highest BCUT2D eigenvalue weighted by atomic mass is 19.1. The molecule has 32 heavy (non-hydrogen) atoms. The third-order valence-electron chi connectivity index (χ3n) is 5.44. The number of ether oxygens (including phenoxy) is 1. The number of carbonyl (C=O) groups is 1. The number of benzene rings is 4. The maximum absolute atomic E-state index is 14.7. The van der Waals surface area contributed by atoms with Crippen LogP contribution in [0.2, 0.25) is 0 Å². The molecule has 0 aliphatic heterocycles. The van der Waals surface area contributed by atoms with Crippen molar-refractivity contribution in [1.29, 1.82) is 0 Å². The van der Waals surface area contributed by atoms with Crippen molar-refractivity contribution in [2.24, 2.45) is 0 Å². The molecule has 0 aliphatic carbocycles. The van der Waals surface area contributed by atoms with Crippen LogP contribution in [0.3, 0.4) is 0 Å². The Morgan fingerprint density at radius 3 is 1.91 bits per heavy atom. The van der Waals surface area contributed by atoms with Crippen molar-refractivity contribution in [2.45, 2.75) is 12.6 Å². The van der Waals surface area contributed by atoms with Gasteiger partial charge in [-0.25, -0.2) is 4.39 Å². The molecule has 4 rings (SSSR count). The van der Waals surface area contributed by atoms with Crippen molar-refractivity contribution in [2.75, 3.05) is 7.11 Å². The lowest BCUT2D eigenvalue weighted by Crippen LogP contribution is -2.35. The van der Waals surface area contributed by atoms with Gasteiger partial charge in [-0.15, -0.1) is 0 Å². The average Bonchev–Trinajstić information content (AvgIpc) is 2.85. The molecule has 0 aliphatic rings. The van der Waals surface area contributed by atoms with Gasteiger partial charge in [0, 0.05) is 5.56 Å². The van der Waals surface area contributed by atoms with Gasteiger partial charge in [-0.2, -0.15) is 0 Å². The minimum atomic E-state index is -0.539. The van der Waals surface area contributed by atoms with E-state index in [0.717, 1.165) is 16.7 Å². The molecule has 0 bridgehead atoms. The van der Waals surface area contributed by atoms with Crippen LogP contribution < -0.4 is 4.74 Å². The predicted molar refractivity (Wildman–Crippen MR) is 124 cm³/mol. The fraction of sp³-hybridized carbons (Fsp3) is 0.107. The van der Waals surface area contributed by atoms with E-state index in [9.17, 15) is 9.18 Å². The fourth-order valence-corrected chi connectivity index (χ4v) is 3.91. The molecule has 0 saturated heterocycles. The highest BCUT2D eigenvalue weighted by molar-refractivity contribution is 5.95. The predicted octanol–water partition coefficient (Wildman–Crippen LogP) is 6.27. The van der Waals surface area contributed by atoms with Crippen LogP contribution in [0.4, 0.5) is 4.39 Å². The largest absolute Gasteiger partial charge is 0.496 e. The Kier molecular flexibility index (Phi) is 6.61. The van der Waals surface area contributed by atoms with Gasteiger partial charge >= 0.3 is 0 Å². The van der Waals surface area contributed by atoms with E-state index in [1.165, 1.54) is 12.1 Å². The first-order chi connectivity index (χ1) is 15.7. The van der Waals surface area contributed by atoms with Crippen molar-refractivity contribution in [1.82, 2.24) is 4.90 Å². The van der Waals surface area contributed by atoms with E-state index in [2.05, 4.69) is 0 Å². The van der Waals surface area contributed by atoms with Gasteiger partial charge in [0.2, 0.25) is 0 Å². The number of hydrogen-bond donors (Lipinski definition) is 0. The first-order valence-corrected chi connectivity index (χ1v) is 10.5. The first kappa shape index (κ1) is 21.3. The summed E-state index contributed by atoms with van der Waals surface area (Å²) >= 11 is 0. The average molecular weight is 426 g/mol. The van der Waals surface area contributed by atoms with E-state index in [1.54, 1.807) is 24.1 Å². The summed E-state index contributed by atoms with van der Waals surface area (Å²) in [6.45, 7) is 0.256. The van der Waals surface area contributed by atoms with Gasteiger partial charge in [0.25, 0.3) is 5.91 Å². The number of halogens is 1. The molecule has 0 unspecified atom stereocenters. The summed E-state index contributed by atoms with van der Waals surface area (Å²) in [7, 11) is 1.60. The van der Waals surface area contributed by atoms with Crippen LogP contribution >= 0.6 is 0 Å². The smallest absolute Gasteiger partial charge is 0.257 e. The Morgan fingerprint density at radius 2 is 1.31 bits per heavy atom. The highest BCUT2D eigenvalue weighted by Gasteiger charge is 2.29. The van der Waals surface area contributed by atoms with Gasteiger partial charge < -0.3 is 9.64 Å². The SMILES string of the molecule is COc1ccccc1CN(C(=O)c1ccccc1F)C(c1ccccc1)c1ccccc1. The minimum absolute atomic E-state index is 0.0410. The van der Waals surface area contributed by atoms with Gasteiger partial charge in [0.15, 0.2) is 0 Å². The van der Waals surface area contributed by atoms with E-state index in [-0.39, 0.29) is 18.0 Å². The zero-order valence-corrected chi connectivity index (χ0v) is 17.8. The van der Waals surface area contributed by atoms with E-state index >= 15 is 0 Å². The third kappa shape index (κ3) is 4.54. The van der Waals surface area contributed by atoms with Crippen LogP contribution in [-0.4, -0.2) is 17.9 Å². The Bertz CT molecular complexity index is 1140. The summed E-state index contributed by atoms with van der Waals surface area (Å²) in [6, 6.07) is 32.9. The maximum atomic E-state index is 14.7. The zero-order valence-electron chi connectivity index (χ0n) is 17.8. The number of carbonyl (C=O) groups excluding carboxylic acids is 1. The first-order valence-electron chi connectivity index (χ1n) is 10.5. The molecule has 0 aromatic heterocycles. The number of methoxy groups -OCH3 is 1. The Morgan fingerprint density at radius 1 is 0.781 bits per heavy atom. The number of nitrogens with zero attached hydrogens (tertiary/aromatic N) is 1. The van der Waals surface area contributed by atoms with Crippen LogP contribution in [0.1, 0.15) is 33.1 Å². The molecular formula is C28H24FNO2. The minimum Gasteiger partial charge on any atom is -0.496 e. The Labute approximate surface area is 187 Å². The van der Waals surface area contributed by atoms with E-state index in [0.29, 0.717) is 5.75 Å². The molecule has 0 N–H and O–H groups in total. The topological polar surface area (TPSA) is 29.5 Å².